The Bertz CT molecular complexity index is 648. The zero-order valence-electron chi connectivity index (χ0n) is 12.7. The minimum absolute atomic E-state index is 0.162. The molecule has 1 unspecified atom stereocenters. The van der Waals surface area contributed by atoms with E-state index in [-0.39, 0.29) is 5.91 Å². The number of thioether (sulfide) groups is 1. The van der Waals surface area contributed by atoms with Crippen LogP contribution < -0.4 is 11.1 Å². The van der Waals surface area contributed by atoms with Crippen LogP contribution in [0.5, 0.6) is 0 Å². The number of carbonyl (C=O) groups is 1. The van der Waals surface area contributed by atoms with Crippen molar-refractivity contribution in [3.05, 3.63) is 42.4 Å². The van der Waals surface area contributed by atoms with Crippen molar-refractivity contribution >= 4 is 23.4 Å². The Morgan fingerprint density at radius 3 is 2.95 bits per heavy atom. The van der Waals surface area contributed by atoms with Crippen molar-refractivity contribution in [2.24, 2.45) is 5.73 Å². The molecule has 0 saturated heterocycles. The van der Waals surface area contributed by atoms with Crippen LogP contribution in [0.15, 0.2) is 36.5 Å². The van der Waals surface area contributed by atoms with Gasteiger partial charge in [-0.3, -0.25) is 4.79 Å². The number of benzene rings is 1. The molecule has 0 spiro atoms. The predicted molar refractivity (Wildman–Crippen MR) is 91.8 cm³/mol. The van der Waals surface area contributed by atoms with Crippen LogP contribution in [-0.2, 0) is 4.79 Å². The molecule has 0 saturated carbocycles. The molecule has 0 radical (unpaired) electrons. The van der Waals surface area contributed by atoms with E-state index < -0.39 is 6.04 Å². The Morgan fingerprint density at radius 2 is 2.23 bits per heavy atom. The number of anilines is 1. The van der Waals surface area contributed by atoms with Crippen LogP contribution in [0.1, 0.15) is 12.2 Å². The second-order valence-corrected chi connectivity index (χ2v) is 5.93. The predicted octanol–water partition coefficient (Wildman–Crippen LogP) is 2.47. The molecule has 22 heavy (non-hydrogen) atoms. The van der Waals surface area contributed by atoms with Crippen LogP contribution in [-0.4, -0.2) is 33.9 Å². The van der Waals surface area contributed by atoms with Gasteiger partial charge < -0.3 is 11.1 Å². The smallest absolute Gasteiger partial charge is 0.241 e. The van der Waals surface area contributed by atoms with E-state index in [9.17, 15) is 4.79 Å². The Labute approximate surface area is 134 Å². The number of carbonyl (C=O) groups excluding carboxylic acids is 1. The number of nitrogens with zero attached hydrogens (tertiary/aromatic N) is 2. The average Bonchev–Trinajstić information content (AvgIpc) is 2.52. The van der Waals surface area contributed by atoms with E-state index in [1.165, 1.54) is 0 Å². The SMILES string of the molecule is CSCCC(N)C(=O)Nc1cccc(-c2ccnc(C)n2)c1. The third kappa shape index (κ3) is 4.54. The molecule has 1 aromatic heterocycles. The van der Waals surface area contributed by atoms with E-state index >= 15 is 0 Å². The summed E-state index contributed by atoms with van der Waals surface area (Å²) in [4.78, 5) is 20.5. The van der Waals surface area contributed by atoms with E-state index in [2.05, 4.69) is 15.3 Å². The monoisotopic (exact) mass is 316 g/mol. The lowest BCUT2D eigenvalue weighted by Gasteiger charge is -2.12. The lowest BCUT2D eigenvalue weighted by molar-refractivity contribution is -0.117. The Morgan fingerprint density at radius 1 is 1.41 bits per heavy atom. The van der Waals surface area contributed by atoms with Crippen molar-refractivity contribution in [1.82, 2.24) is 9.97 Å². The highest BCUT2D eigenvalue weighted by Gasteiger charge is 2.13. The number of amides is 1. The summed E-state index contributed by atoms with van der Waals surface area (Å²) in [6.07, 6.45) is 4.39. The number of nitrogens with one attached hydrogen (secondary N) is 1. The number of aromatic nitrogens is 2. The van der Waals surface area contributed by atoms with Gasteiger partial charge >= 0.3 is 0 Å². The molecule has 6 heteroatoms. The maximum absolute atomic E-state index is 12.0. The minimum atomic E-state index is -0.489. The van der Waals surface area contributed by atoms with E-state index in [0.29, 0.717) is 12.2 Å². The van der Waals surface area contributed by atoms with Gasteiger partial charge in [-0.2, -0.15) is 11.8 Å². The first-order valence-corrected chi connectivity index (χ1v) is 8.45. The van der Waals surface area contributed by atoms with Crippen molar-refractivity contribution < 1.29 is 4.79 Å². The molecule has 0 bridgehead atoms. The number of hydrogen-bond donors (Lipinski definition) is 2. The van der Waals surface area contributed by atoms with Crippen LogP contribution in [0.4, 0.5) is 5.69 Å². The van der Waals surface area contributed by atoms with E-state index in [0.717, 1.165) is 22.7 Å². The van der Waals surface area contributed by atoms with E-state index in [1.54, 1.807) is 18.0 Å². The Kier molecular flexibility index (Phi) is 5.91. The van der Waals surface area contributed by atoms with Crippen molar-refractivity contribution in [3.63, 3.8) is 0 Å². The molecule has 116 valence electrons. The summed E-state index contributed by atoms with van der Waals surface area (Å²) in [5.41, 5.74) is 8.36. The van der Waals surface area contributed by atoms with E-state index in [4.69, 9.17) is 5.73 Å². The summed E-state index contributed by atoms with van der Waals surface area (Å²) in [7, 11) is 0. The molecule has 0 aliphatic carbocycles. The van der Waals surface area contributed by atoms with Gasteiger partial charge in [0.25, 0.3) is 0 Å². The largest absolute Gasteiger partial charge is 0.325 e. The quantitative estimate of drug-likeness (QED) is 0.855. The summed E-state index contributed by atoms with van der Waals surface area (Å²) < 4.78 is 0. The Hall–Kier alpha value is -1.92. The third-order valence-corrected chi connectivity index (χ3v) is 3.82. The summed E-state index contributed by atoms with van der Waals surface area (Å²) in [5.74, 6) is 1.42. The molecule has 0 fully saturated rings. The molecule has 2 rings (SSSR count). The first-order chi connectivity index (χ1) is 10.6. The number of aryl methyl sites for hydroxylation is 1. The molecule has 0 aliphatic rings. The molecule has 2 aromatic rings. The van der Waals surface area contributed by atoms with Gasteiger partial charge in [-0.15, -0.1) is 0 Å². The lowest BCUT2D eigenvalue weighted by atomic mass is 10.1. The highest BCUT2D eigenvalue weighted by atomic mass is 32.2. The van der Waals surface area contributed by atoms with Crippen molar-refractivity contribution in [2.45, 2.75) is 19.4 Å². The van der Waals surface area contributed by atoms with Crippen LogP contribution in [0.3, 0.4) is 0 Å². The van der Waals surface area contributed by atoms with Crippen LogP contribution in [0, 0.1) is 6.92 Å². The molecular weight excluding hydrogens is 296 g/mol. The maximum atomic E-state index is 12.0. The van der Waals surface area contributed by atoms with Gasteiger partial charge in [0.05, 0.1) is 11.7 Å². The lowest BCUT2D eigenvalue weighted by Crippen LogP contribution is -2.36. The number of rotatable bonds is 6. The molecule has 1 heterocycles. The van der Waals surface area contributed by atoms with Gasteiger partial charge in [0.2, 0.25) is 5.91 Å². The van der Waals surface area contributed by atoms with Crippen molar-refractivity contribution in [1.29, 1.82) is 0 Å². The van der Waals surface area contributed by atoms with Gasteiger partial charge in [-0.05, 0) is 43.6 Å². The third-order valence-electron chi connectivity index (χ3n) is 3.17. The molecule has 0 aliphatic heterocycles. The fraction of sp³-hybridized carbons (Fsp3) is 0.312. The average molecular weight is 316 g/mol. The summed E-state index contributed by atoms with van der Waals surface area (Å²) in [5, 5.41) is 2.86. The van der Waals surface area contributed by atoms with Crippen LogP contribution in [0.25, 0.3) is 11.3 Å². The first kappa shape index (κ1) is 16.5. The van der Waals surface area contributed by atoms with Gasteiger partial charge in [-0.25, -0.2) is 9.97 Å². The highest BCUT2D eigenvalue weighted by molar-refractivity contribution is 7.98. The van der Waals surface area contributed by atoms with Gasteiger partial charge in [0.15, 0.2) is 0 Å². The highest BCUT2D eigenvalue weighted by Crippen LogP contribution is 2.20. The van der Waals surface area contributed by atoms with Gasteiger partial charge in [0.1, 0.15) is 5.82 Å². The number of hydrogen-bond acceptors (Lipinski definition) is 5. The molecular formula is C16H20N4OS. The zero-order valence-corrected chi connectivity index (χ0v) is 13.6. The van der Waals surface area contributed by atoms with Crippen molar-refractivity contribution in [3.8, 4) is 11.3 Å². The fourth-order valence-electron chi connectivity index (χ4n) is 1.98. The maximum Gasteiger partial charge on any atom is 0.241 e. The fourth-order valence-corrected chi connectivity index (χ4v) is 2.47. The van der Waals surface area contributed by atoms with Gasteiger partial charge in [-0.1, -0.05) is 12.1 Å². The second kappa shape index (κ2) is 7.91. The number of nitrogens with two attached hydrogens (primary N) is 1. The summed E-state index contributed by atoms with van der Waals surface area (Å²) in [6, 6.07) is 8.92. The second-order valence-electron chi connectivity index (χ2n) is 4.95. The van der Waals surface area contributed by atoms with Gasteiger partial charge in [0, 0.05) is 17.4 Å². The van der Waals surface area contributed by atoms with Crippen LogP contribution in [0.2, 0.25) is 0 Å². The molecule has 1 amide bonds. The normalized spacial score (nSPS) is 12.0. The molecule has 1 aromatic carbocycles. The standard InChI is InChI=1S/C16H20N4OS/c1-11-18-8-6-15(19-11)12-4-3-5-13(10-12)20-16(21)14(17)7-9-22-2/h3-6,8,10,14H,7,9,17H2,1-2H3,(H,20,21). The summed E-state index contributed by atoms with van der Waals surface area (Å²) in [6.45, 7) is 1.85. The Balaban J connectivity index is 2.10. The zero-order chi connectivity index (χ0) is 15.9. The summed E-state index contributed by atoms with van der Waals surface area (Å²) >= 11 is 1.68. The molecule has 5 nitrogen and oxygen atoms in total. The first-order valence-electron chi connectivity index (χ1n) is 7.05. The minimum Gasteiger partial charge on any atom is -0.325 e. The molecule has 1 atom stereocenters. The molecule has 3 N–H and O–H groups in total. The van der Waals surface area contributed by atoms with Crippen molar-refractivity contribution in [2.75, 3.05) is 17.3 Å². The topological polar surface area (TPSA) is 80.9 Å². The van der Waals surface area contributed by atoms with Crippen LogP contribution >= 0.6 is 11.8 Å². The van der Waals surface area contributed by atoms with E-state index in [1.807, 2.05) is 43.5 Å².